The van der Waals surface area contributed by atoms with Gasteiger partial charge in [-0.2, -0.15) is 0 Å². The van der Waals surface area contributed by atoms with Crippen molar-refractivity contribution < 1.29 is 19.4 Å². The van der Waals surface area contributed by atoms with Gasteiger partial charge in [0, 0.05) is 17.8 Å². The first kappa shape index (κ1) is 21.7. The summed E-state index contributed by atoms with van der Waals surface area (Å²) < 4.78 is 11.3. The van der Waals surface area contributed by atoms with Crippen molar-refractivity contribution in [1.29, 1.82) is 0 Å². The van der Waals surface area contributed by atoms with Crippen molar-refractivity contribution in [2.75, 3.05) is 7.11 Å². The number of aliphatic hydroxyl groups excluding tert-OH is 1. The van der Waals surface area contributed by atoms with Crippen LogP contribution in [-0.2, 0) is 16.1 Å². The van der Waals surface area contributed by atoms with Crippen molar-refractivity contribution in [2.45, 2.75) is 60.4 Å². The Morgan fingerprint density at radius 2 is 1.60 bits per heavy atom. The fourth-order valence-electron chi connectivity index (χ4n) is 3.21. The van der Waals surface area contributed by atoms with Gasteiger partial charge in [0.15, 0.2) is 0 Å². The number of methoxy groups -OCH3 is 1. The monoisotopic (exact) mass is 350 g/mol. The molecule has 1 aromatic rings. The molecule has 142 valence electrons. The van der Waals surface area contributed by atoms with E-state index in [1.54, 1.807) is 7.11 Å². The third-order valence-electron chi connectivity index (χ3n) is 4.85. The molecule has 25 heavy (non-hydrogen) atoms. The van der Waals surface area contributed by atoms with E-state index in [9.17, 15) is 9.90 Å². The first-order valence-electron chi connectivity index (χ1n) is 9.15. The minimum absolute atomic E-state index is 0.0745. The number of aliphatic hydroxyl groups is 1. The lowest BCUT2D eigenvalue weighted by atomic mass is 9.81. The van der Waals surface area contributed by atoms with Crippen LogP contribution in [0, 0.1) is 23.7 Å². The van der Waals surface area contributed by atoms with Gasteiger partial charge in [-0.15, -0.1) is 0 Å². The largest absolute Gasteiger partial charge is 0.497 e. The Labute approximate surface area is 152 Å². The van der Waals surface area contributed by atoms with Crippen molar-refractivity contribution in [3.63, 3.8) is 0 Å². The summed E-state index contributed by atoms with van der Waals surface area (Å²) in [6, 6.07) is 7.76. The number of hydrogen-bond acceptors (Lipinski definition) is 4. The predicted octanol–water partition coefficient (Wildman–Crippen LogP) is 4.09. The van der Waals surface area contributed by atoms with Crippen LogP contribution in [0.2, 0.25) is 0 Å². The lowest BCUT2D eigenvalue weighted by molar-refractivity contribution is -0.133. The summed E-state index contributed by atoms with van der Waals surface area (Å²) in [7, 11) is 1.64. The molecule has 4 heteroatoms. The Hall–Kier alpha value is -1.39. The molecular formula is C21H34O4. The number of rotatable bonds is 10. The Bertz CT molecular complexity index is 521. The number of Topliss-reactive ketones (excluding diaryl/α,β-unsaturated/α-hetero) is 1. The van der Waals surface area contributed by atoms with E-state index in [1.165, 1.54) is 0 Å². The van der Waals surface area contributed by atoms with Crippen LogP contribution in [0.15, 0.2) is 24.3 Å². The molecule has 0 unspecified atom stereocenters. The van der Waals surface area contributed by atoms with E-state index in [0.717, 1.165) is 11.3 Å². The van der Waals surface area contributed by atoms with E-state index in [4.69, 9.17) is 9.47 Å². The Morgan fingerprint density at radius 1 is 1.04 bits per heavy atom. The molecule has 0 aliphatic carbocycles. The molecular weight excluding hydrogens is 316 g/mol. The van der Waals surface area contributed by atoms with Gasteiger partial charge in [-0.05, 0) is 23.6 Å². The summed E-state index contributed by atoms with van der Waals surface area (Å²) in [5, 5.41) is 10.7. The Kier molecular flexibility index (Phi) is 8.60. The van der Waals surface area contributed by atoms with E-state index in [1.807, 2.05) is 52.0 Å². The lowest BCUT2D eigenvalue weighted by Crippen LogP contribution is -2.41. The van der Waals surface area contributed by atoms with E-state index in [2.05, 4.69) is 13.8 Å². The standard InChI is InChI=1S/C21H34O4/c1-13(2)19(22)15(5)20(23)16(6)21(14(3)4)25-12-17-8-10-18(24-7)11-9-17/h8-11,13-16,20-21,23H,12H2,1-7H3/t15-,16+,20-,21+/m0/s1. The van der Waals surface area contributed by atoms with Gasteiger partial charge in [-0.1, -0.05) is 53.7 Å². The molecule has 0 radical (unpaired) electrons. The second-order valence-corrected chi connectivity index (χ2v) is 7.56. The predicted molar refractivity (Wildman–Crippen MR) is 101 cm³/mol. The second-order valence-electron chi connectivity index (χ2n) is 7.56. The van der Waals surface area contributed by atoms with Gasteiger partial charge in [0.2, 0.25) is 0 Å². The average Bonchev–Trinajstić information content (AvgIpc) is 2.59. The summed E-state index contributed by atoms with van der Waals surface area (Å²) in [6.45, 7) is 12.1. The molecule has 0 aromatic heterocycles. The average molecular weight is 350 g/mol. The molecule has 0 saturated carbocycles. The highest BCUT2D eigenvalue weighted by Gasteiger charge is 2.34. The molecule has 0 amide bonds. The second kappa shape index (κ2) is 9.93. The highest BCUT2D eigenvalue weighted by molar-refractivity contribution is 5.83. The number of hydrogen-bond donors (Lipinski definition) is 1. The molecule has 0 aliphatic rings. The van der Waals surface area contributed by atoms with Crippen LogP contribution in [0.1, 0.15) is 47.1 Å². The van der Waals surface area contributed by atoms with Crippen molar-refractivity contribution in [3.05, 3.63) is 29.8 Å². The Morgan fingerprint density at radius 3 is 2.04 bits per heavy atom. The summed E-state index contributed by atoms with van der Waals surface area (Å²) in [6.07, 6.45) is -0.835. The minimum Gasteiger partial charge on any atom is -0.497 e. The van der Waals surface area contributed by atoms with Gasteiger partial charge < -0.3 is 14.6 Å². The smallest absolute Gasteiger partial charge is 0.140 e. The molecule has 1 rings (SSSR count). The molecule has 1 N–H and O–H groups in total. The first-order chi connectivity index (χ1) is 11.7. The summed E-state index contributed by atoms with van der Waals surface area (Å²) in [5.74, 6) is 0.557. The SMILES string of the molecule is COc1ccc(CO[C@H](C(C)C)[C@H](C)[C@@H](O)[C@@H](C)C(=O)C(C)C)cc1. The Balaban J connectivity index is 2.75. The maximum atomic E-state index is 12.2. The van der Waals surface area contributed by atoms with Gasteiger partial charge in [-0.3, -0.25) is 4.79 Å². The van der Waals surface area contributed by atoms with Crippen LogP contribution in [-0.4, -0.2) is 30.2 Å². The van der Waals surface area contributed by atoms with E-state index in [0.29, 0.717) is 6.61 Å². The fraction of sp³-hybridized carbons (Fsp3) is 0.667. The van der Waals surface area contributed by atoms with Crippen LogP contribution in [0.4, 0.5) is 0 Å². The zero-order chi connectivity index (χ0) is 19.1. The molecule has 0 spiro atoms. The van der Waals surface area contributed by atoms with E-state index >= 15 is 0 Å². The van der Waals surface area contributed by atoms with E-state index < -0.39 is 6.10 Å². The van der Waals surface area contributed by atoms with Crippen molar-refractivity contribution >= 4 is 5.78 Å². The lowest BCUT2D eigenvalue weighted by Gasteiger charge is -2.33. The van der Waals surface area contributed by atoms with Gasteiger partial charge in [-0.25, -0.2) is 0 Å². The maximum Gasteiger partial charge on any atom is 0.140 e. The zero-order valence-electron chi connectivity index (χ0n) is 16.7. The van der Waals surface area contributed by atoms with E-state index in [-0.39, 0.29) is 35.6 Å². The molecule has 0 aliphatic heterocycles. The molecule has 4 atom stereocenters. The van der Waals surface area contributed by atoms with Gasteiger partial charge in [0.25, 0.3) is 0 Å². The number of ketones is 1. The summed E-state index contributed by atoms with van der Waals surface area (Å²) in [5.41, 5.74) is 1.06. The number of carbonyl (C=O) groups excluding carboxylic acids is 1. The summed E-state index contributed by atoms with van der Waals surface area (Å²) in [4.78, 5) is 12.2. The minimum atomic E-state index is -0.710. The molecule has 4 nitrogen and oxygen atoms in total. The van der Waals surface area contributed by atoms with Crippen molar-refractivity contribution in [2.24, 2.45) is 23.7 Å². The fourth-order valence-corrected chi connectivity index (χ4v) is 3.21. The molecule has 1 aromatic carbocycles. The maximum absolute atomic E-state index is 12.2. The molecule has 0 saturated heterocycles. The normalized spacial score (nSPS) is 16.6. The number of ether oxygens (including phenoxy) is 2. The molecule has 0 fully saturated rings. The number of benzene rings is 1. The van der Waals surface area contributed by atoms with Crippen molar-refractivity contribution in [1.82, 2.24) is 0 Å². The van der Waals surface area contributed by atoms with Crippen LogP contribution in [0.5, 0.6) is 5.75 Å². The number of carbonyl (C=O) groups is 1. The first-order valence-corrected chi connectivity index (χ1v) is 9.15. The molecule has 0 heterocycles. The highest BCUT2D eigenvalue weighted by atomic mass is 16.5. The summed E-state index contributed by atoms with van der Waals surface area (Å²) >= 11 is 0. The van der Waals surface area contributed by atoms with Crippen LogP contribution in [0.3, 0.4) is 0 Å². The van der Waals surface area contributed by atoms with Crippen LogP contribution in [0.25, 0.3) is 0 Å². The zero-order valence-corrected chi connectivity index (χ0v) is 16.7. The third kappa shape index (κ3) is 6.12. The van der Waals surface area contributed by atoms with Crippen molar-refractivity contribution in [3.8, 4) is 5.75 Å². The quantitative estimate of drug-likeness (QED) is 0.690. The van der Waals surface area contributed by atoms with Gasteiger partial charge in [0.05, 0.1) is 25.9 Å². The third-order valence-corrected chi connectivity index (χ3v) is 4.85. The highest BCUT2D eigenvalue weighted by Crippen LogP contribution is 2.26. The van der Waals surface area contributed by atoms with Crippen LogP contribution < -0.4 is 4.74 Å². The van der Waals surface area contributed by atoms with Gasteiger partial charge in [0.1, 0.15) is 11.5 Å². The van der Waals surface area contributed by atoms with Gasteiger partial charge >= 0.3 is 0 Å². The molecule has 0 bridgehead atoms. The van der Waals surface area contributed by atoms with Crippen LogP contribution >= 0.6 is 0 Å². The topological polar surface area (TPSA) is 55.8 Å².